The Bertz CT molecular complexity index is 178. The van der Waals surface area contributed by atoms with Gasteiger partial charge in [-0.2, -0.15) is 12.6 Å². The van der Waals surface area contributed by atoms with Crippen molar-refractivity contribution in [3.8, 4) is 0 Å². The fraction of sp³-hybridized carbons (Fsp3) is 0.667. The summed E-state index contributed by atoms with van der Waals surface area (Å²) in [4.78, 5) is 11.1. The minimum atomic E-state index is -0.0168. The fourth-order valence-corrected chi connectivity index (χ4v) is 1.70. The van der Waals surface area contributed by atoms with Crippen molar-refractivity contribution in [3.63, 3.8) is 0 Å². The summed E-state index contributed by atoms with van der Waals surface area (Å²) in [7, 11) is 0. The molecule has 0 aromatic rings. The Balaban J connectivity index is 0.00000144. The molecule has 1 saturated carbocycles. The third-order valence-corrected chi connectivity index (χ3v) is 2.33. The van der Waals surface area contributed by atoms with Crippen LogP contribution in [-0.2, 0) is 27.2 Å². The number of carbonyl (C=O) groups is 1. The second-order valence-corrected chi connectivity index (χ2v) is 3.46. The molecule has 0 heterocycles. The topological polar surface area (TPSA) is 29.1 Å². The maximum Gasteiger partial charge on any atom is 0.244 e. The van der Waals surface area contributed by atoms with Crippen molar-refractivity contribution in [1.29, 1.82) is 0 Å². The monoisotopic (exact) mass is 292 g/mol. The molecule has 0 aromatic carbocycles. The quantitative estimate of drug-likeness (QED) is 0.454. The Hall–Kier alpha value is 0.300. The summed E-state index contributed by atoms with van der Waals surface area (Å²) in [5.41, 5.74) is 0. The third-order valence-electron chi connectivity index (χ3n) is 2.18. The van der Waals surface area contributed by atoms with Gasteiger partial charge >= 0.3 is 0 Å². The summed E-state index contributed by atoms with van der Waals surface area (Å²) in [5, 5.41) is 4.42. The van der Waals surface area contributed by atoms with Crippen LogP contribution in [0.4, 0.5) is 0 Å². The maximum absolute atomic E-state index is 11.1. The first kappa shape index (κ1) is 13.3. The first-order valence-corrected chi connectivity index (χ1v) is 4.96. The Morgan fingerprint density at radius 3 is 2.46 bits per heavy atom. The average Bonchev–Trinajstić information content (AvgIpc) is 2.06. The average molecular weight is 293 g/mol. The van der Waals surface area contributed by atoms with Gasteiger partial charge in [-0.25, -0.2) is 0 Å². The number of hydrogen-bond acceptors (Lipinski definition) is 2. The van der Waals surface area contributed by atoms with Crippen molar-refractivity contribution in [1.82, 2.24) is 5.32 Å². The van der Waals surface area contributed by atoms with E-state index in [1.807, 2.05) is 0 Å². The fourth-order valence-electron chi connectivity index (χ4n) is 1.56. The Labute approximate surface area is 100 Å². The maximum atomic E-state index is 11.1. The zero-order chi connectivity index (χ0) is 8.81. The predicted molar refractivity (Wildman–Crippen MR) is 53.1 cm³/mol. The SMILES string of the molecule is O=C(/C=C\S)NC1CCCCC1.[Ag]. The van der Waals surface area contributed by atoms with Crippen molar-refractivity contribution in [2.75, 3.05) is 0 Å². The van der Waals surface area contributed by atoms with Gasteiger partial charge in [0, 0.05) is 34.5 Å². The number of carbonyl (C=O) groups excluding carboxylic acids is 1. The first-order chi connectivity index (χ1) is 5.83. The van der Waals surface area contributed by atoms with Gasteiger partial charge < -0.3 is 5.32 Å². The molecule has 1 fully saturated rings. The van der Waals surface area contributed by atoms with E-state index in [4.69, 9.17) is 0 Å². The van der Waals surface area contributed by atoms with Gasteiger partial charge in [-0.1, -0.05) is 19.3 Å². The number of thiol groups is 1. The zero-order valence-electron chi connectivity index (χ0n) is 7.42. The molecule has 1 aliphatic carbocycles. The smallest absolute Gasteiger partial charge is 0.244 e. The molecule has 0 bridgehead atoms. The summed E-state index contributed by atoms with van der Waals surface area (Å²) < 4.78 is 0. The summed E-state index contributed by atoms with van der Waals surface area (Å²) >= 11 is 3.84. The van der Waals surface area contributed by atoms with Crippen molar-refractivity contribution in [3.05, 3.63) is 11.5 Å². The van der Waals surface area contributed by atoms with Crippen molar-refractivity contribution in [2.45, 2.75) is 38.1 Å². The molecule has 1 aliphatic rings. The molecule has 1 amide bonds. The van der Waals surface area contributed by atoms with Crippen molar-refractivity contribution < 1.29 is 27.2 Å². The van der Waals surface area contributed by atoms with Crippen LogP contribution in [0.1, 0.15) is 32.1 Å². The standard InChI is InChI=1S/C9H15NOS.Ag/c11-9(6-7-12)10-8-4-2-1-3-5-8;/h6-8,12H,1-5H2,(H,10,11);/b7-6-;. The zero-order valence-corrected chi connectivity index (χ0v) is 9.80. The molecule has 0 atom stereocenters. The van der Waals surface area contributed by atoms with Crippen LogP contribution >= 0.6 is 12.6 Å². The van der Waals surface area contributed by atoms with Crippen molar-refractivity contribution >= 4 is 18.5 Å². The number of hydrogen-bond donors (Lipinski definition) is 2. The molecule has 4 heteroatoms. The van der Waals surface area contributed by atoms with E-state index in [2.05, 4.69) is 17.9 Å². The van der Waals surface area contributed by atoms with Crippen LogP contribution in [0.3, 0.4) is 0 Å². The van der Waals surface area contributed by atoms with Crippen LogP contribution < -0.4 is 5.32 Å². The minimum absolute atomic E-state index is 0. The molecular formula is C9H15AgNOS. The first-order valence-electron chi connectivity index (χ1n) is 4.44. The third kappa shape index (κ3) is 5.57. The van der Waals surface area contributed by atoms with E-state index in [-0.39, 0.29) is 28.3 Å². The Morgan fingerprint density at radius 2 is 1.92 bits per heavy atom. The molecule has 79 valence electrons. The summed E-state index contributed by atoms with van der Waals surface area (Å²) in [6.07, 6.45) is 7.52. The second-order valence-electron chi connectivity index (χ2n) is 3.16. The van der Waals surface area contributed by atoms with Crippen LogP contribution in [0.5, 0.6) is 0 Å². The predicted octanol–water partition coefficient (Wildman–Crippen LogP) is 1.88. The molecular weight excluding hydrogens is 278 g/mol. The summed E-state index contributed by atoms with van der Waals surface area (Å²) in [6, 6.07) is 0.399. The van der Waals surface area contributed by atoms with E-state index in [0.29, 0.717) is 6.04 Å². The Morgan fingerprint density at radius 1 is 1.31 bits per heavy atom. The number of rotatable bonds is 2. The van der Waals surface area contributed by atoms with E-state index >= 15 is 0 Å². The molecule has 1 N–H and O–H groups in total. The van der Waals surface area contributed by atoms with Gasteiger partial charge in [-0.3, -0.25) is 4.79 Å². The molecule has 0 aliphatic heterocycles. The van der Waals surface area contributed by atoms with Gasteiger partial charge in [0.1, 0.15) is 0 Å². The van der Waals surface area contributed by atoms with E-state index in [1.54, 1.807) is 0 Å². The van der Waals surface area contributed by atoms with Crippen LogP contribution in [0.15, 0.2) is 11.5 Å². The molecule has 0 unspecified atom stereocenters. The molecule has 1 radical (unpaired) electrons. The van der Waals surface area contributed by atoms with Crippen LogP contribution in [0.25, 0.3) is 0 Å². The molecule has 0 spiro atoms. The van der Waals surface area contributed by atoms with Crippen LogP contribution in [0, 0.1) is 0 Å². The van der Waals surface area contributed by atoms with Gasteiger partial charge in [0.2, 0.25) is 5.91 Å². The summed E-state index contributed by atoms with van der Waals surface area (Å²) in [6.45, 7) is 0. The van der Waals surface area contributed by atoms with Gasteiger partial charge in [-0.05, 0) is 18.2 Å². The number of nitrogens with one attached hydrogen (secondary N) is 1. The van der Waals surface area contributed by atoms with Crippen LogP contribution in [-0.4, -0.2) is 11.9 Å². The number of amides is 1. The van der Waals surface area contributed by atoms with E-state index in [0.717, 1.165) is 12.8 Å². The summed E-state index contributed by atoms with van der Waals surface area (Å²) in [5.74, 6) is -0.0168. The molecule has 0 saturated heterocycles. The molecule has 2 nitrogen and oxygen atoms in total. The van der Waals surface area contributed by atoms with Gasteiger partial charge in [0.25, 0.3) is 0 Å². The van der Waals surface area contributed by atoms with E-state index in [1.165, 1.54) is 30.7 Å². The molecule has 0 aromatic heterocycles. The van der Waals surface area contributed by atoms with Crippen molar-refractivity contribution in [2.24, 2.45) is 0 Å². The normalized spacial score (nSPS) is 18.2. The van der Waals surface area contributed by atoms with Gasteiger partial charge in [0.05, 0.1) is 0 Å². The van der Waals surface area contributed by atoms with E-state index in [9.17, 15) is 4.79 Å². The Kier molecular flexibility index (Phi) is 7.86. The van der Waals surface area contributed by atoms with Gasteiger partial charge in [-0.15, -0.1) is 0 Å². The largest absolute Gasteiger partial charge is 0.350 e. The molecule has 13 heavy (non-hydrogen) atoms. The van der Waals surface area contributed by atoms with E-state index < -0.39 is 0 Å². The van der Waals surface area contributed by atoms with Crippen LogP contribution in [0.2, 0.25) is 0 Å². The second kappa shape index (κ2) is 7.68. The van der Waals surface area contributed by atoms with Gasteiger partial charge in [0.15, 0.2) is 0 Å². The minimum Gasteiger partial charge on any atom is -0.350 e. The molecule has 1 rings (SSSR count).